The van der Waals surface area contributed by atoms with Crippen molar-refractivity contribution in [3.05, 3.63) is 0 Å². The molecule has 1 N–H and O–H groups in total. The third kappa shape index (κ3) is 4.22. The van der Waals surface area contributed by atoms with Crippen molar-refractivity contribution in [2.24, 2.45) is 0 Å². The number of ether oxygens (including phenoxy) is 2. The summed E-state index contributed by atoms with van der Waals surface area (Å²) in [6, 6.07) is 0. The van der Waals surface area contributed by atoms with Crippen molar-refractivity contribution in [1.82, 2.24) is 5.32 Å². The van der Waals surface area contributed by atoms with E-state index in [9.17, 15) is 0 Å². The van der Waals surface area contributed by atoms with Crippen molar-refractivity contribution >= 4 is 0 Å². The first-order chi connectivity index (χ1) is 8.49. The van der Waals surface area contributed by atoms with Gasteiger partial charge in [-0.15, -0.1) is 0 Å². The van der Waals surface area contributed by atoms with Gasteiger partial charge in [-0.3, -0.25) is 0 Å². The van der Waals surface area contributed by atoms with Gasteiger partial charge in [0.05, 0.1) is 18.3 Å². The van der Waals surface area contributed by atoms with Crippen LogP contribution in [-0.4, -0.2) is 37.0 Å². The molecule has 18 heavy (non-hydrogen) atoms. The quantitative estimate of drug-likeness (QED) is 0.819. The zero-order valence-corrected chi connectivity index (χ0v) is 12.3. The molecule has 106 valence electrons. The van der Waals surface area contributed by atoms with E-state index >= 15 is 0 Å². The Balaban J connectivity index is 1.81. The molecule has 0 aromatic carbocycles. The highest BCUT2D eigenvalue weighted by molar-refractivity contribution is 4.91. The minimum atomic E-state index is 0.0687. The third-order valence-electron chi connectivity index (χ3n) is 4.06. The first kappa shape index (κ1) is 14.3. The van der Waals surface area contributed by atoms with Crippen LogP contribution in [-0.2, 0) is 9.47 Å². The Morgan fingerprint density at radius 2 is 1.94 bits per heavy atom. The van der Waals surface area contributed by atoms with E-state index in [0.717, 1.165) is 19.8 Å². The number of hydrogen-bond acceptors (Lipinski definition) is 3. The summed E-state index contributed by atoms with van der Waals surface area (Å²) >= 11 is 0. The molecule has 0 bridgehead atoms. The summed E-state index contributed by atoms with van der Waals surface area (Å²) in [6.07, 6.45) is 7.71. The van der Waals surface area contributed by atoms with E-state index in [2.05, 4.69) is 26.1 Å². The lowest BCUT2D eigenvalue weighted by Crippen LogP contribution is -2.48. The summed E-state index contributed by atoms with van der Waals surface area (Å²) in [5.74, 6) is 0. The predicted octanol–water partition coefficient (Wildman–Crippen LogP) is 2.88. The van der Waals surface area contributed by atoms with Crippen LogP contribution in [0.4, 0.5) is 0 Å². The summed E-state index contributed by atoms with van der Waals surface area (Å²) in [4.78, 5) is 0. The van der Waals surface area contributed by atoms with Gasteiger partial charge in [-0.2, -0.15) is 0 Å². The van der Waals surface area contributed by atoms with Crippen molar-refractivity contribution < 1.29 is 9.47 Å². The first-order valence-corrected chi connectivity index (χ1v) is 7.50. The average molecular weight is 255 g/mol. The summed E-state index contributed by atoms with van der Waals surface area (Å²) in [7, 11) is 0. The minimum absolute atomic E-state index is 0.0687. The van der Waals surface area contributed by atoms with Gasteiger partial charge in [0.15, 0.2) is 0 Å². The molecule has 3 nitrogen and oxygen atoms in total. The molecular formula is C15H29NO2. The second-order valence-corrected chi connectivity index (χ2v) is 6.94. The van der Waals surface area contributed by atoms with Crippen LogP contribution in [0.3, 0.4) is 0 Å². The Bertz CT molecular complexity index is 248. The van der Waals surface area contributed by atoms with E-state index in [1.165, 1.54) is 38.5 Å². The zero-order valence-electron chi connectivity index (χ0n) is 12.3. The van der Waals surface area contributed by atoms with Gasteiger partial charge in [-0.05, 0) is 46.5 Å². The fourth-order valence-electron chi connectivity index (χ4n) is 2.86. The lowest BCUT2D eigenvalue weighted by Gasteiger charge is -2.34. The fourth-order valence-corrected chi connectivity index (χ4v) is 2.86. The molecule has 2 fully saturated rings. The Kier molecular flexibility index (Phi) is 4.68. The van der Waals surface area contributed by atoms with Crippen molar-refractivity contribution in [2.75, 3.05) is 19.8 Å². The van der Waals surface area contributed by atoms with E-state index in [0.29, 0.717) is 6.10 Å². The highest BCUT2D eigenvalue weighted by Crippen LogP contribution is 2.33. The number of rotatable bonds is 5. The van der Waals surface area contributed by atoms with Gasteiger partial charge in [0.1, 0.15) is 0 Å². The van der Waals surface area contributed by atoms with E-state index in [1.807, 2.05) is 0 Å². The van der Waals surface area contributed by atoms with E-state index in [1.54, 1.807) is 0 Å². The molecule has 1 saturated heterocycles. The normalized spacial score (nSPS) is 27.8. The molecule has 0 spiro atoms. The van der Waals surface area contributed by atoms with Crippen LogP contribution in [0, 0.1) is 0 Å². The molecule has 2 rings (SSSR count). The standard InChI is InChI=1S/C15H29NO2/c1-14(2,3)16-12-15(8-4-5-9-15)18-11-13-7-6-10-17-13/h13,16H,4-12H2,1-3H3. The summed E-state index contributed by atoms with van der Waals surface area (Å²) < 4.78 is 11.9. The van der Waals surface area contributed by atoms with Crippen LogP contribution >= 0.6 is 0 Å². The fraction of sp³-hybridized carbons (Fsp3) is 1.00. The highest BCUT2D eigenvalue weighted by Gasteiger charge is 2.36. The van der Waals surface area contributed by atoms with Crippen molar-refractivity contribution in [1.29, 1.82) is 0 Å². The van der Waals surface area contributed by atoms with Gasteiger partial charge in [0, 0.05) is 18.7 Å². The van der Waals surface area contributed by atoms with Crippen molar-refractivity contribution in [3.63, 3.8) is 0 Å². The largest absolute Gasteiger partial charge is 0.376 e. The second-order valence-electron chi connectivity index (χ2n) is 6.94. The van der Waals surface area contributed by atoms with Gasteiger partial charge in [-0.25, -0.2) is 0 Å². The molecule has 1 unspecified atom stereocenters. The maximum atomic E-state index is 6.28. The summed E-state index contributed by atoms with van der Waals surface area (Å²) in [6.45, 7) is 9.33. The van der Waals surface area contributed by atoms with Gasteiger partial charge in [0.25, 0.3) is 0 Å². The van der Waals surface area contributed by atoms with Gasteiger partial charge < -0.3 is 14.8 Å². The second kappa shape index (κ2) is 5.89. The highest BCUT2D eigenvalue weighted by atomic mass is 16.5. The zero-order chi connectivity index (χ0) is 13.1. The van der Waals surface area contributed by atoms with Crippen LogP contribution in [0.25, 0.3) is 0 Å². The SMILES string of the molecule is CC(C)(C)NCC1(OCC2CCCO2)CCCC1. The molecule has 1 heterocycles. The molecule has 2 aliphatic rings. The molecule has 0 aromatic rings. The molecule has 0 radical (unpaired) electrons. The lowest BCUT2D eigenvalue weighted by atomic mass is 9.99. The van der Waals surface area contributed by atoms with Gasteiger partial charge >= 0.3 is 0 Å². The van der Waals surface area contributed by atoms with Gasteiger partial charge in [0.2, 0.25) is 0 Å². The first-order valence-electron chi connectivity index (χ1n) is 7.50. The van der Waals surface area contributed by atoms with Crippen LogP contribution < -0.4 is 5.32 Å². The molecule has 1 atom stereocenters. The Hall–Kier alpha value is -0.120. The molecule has 0 aromatic heterocycles. The van der Waals surface area contributed by atoms with E-state index in [4.69, 9.17) is 9.47 Å². The topological polar surface area (TPSA) is 30.5 Å². The number of nitrogens with one attached hydrogen (secondary N) is 1. The maximum Gasteiger partial charge on any atom is 0.0809 e. The van der Waals surface area contributed by atoms with Crippen LogP contribution in [0.15, 0.2) is 0 Å². The third-order valence-corrected chi connectivity index (χ3v) is 4.06. The van der Waals surface area contributed by atoms with E-state index in [-0.39, 0.29) is 11.1 Å². The molecule has 3 heteroatoms. The summed E-state index contributed by atoms with van der Waals surface area (Å²) in [5, 5.41) is 3.61. The summed E-state index contributed by atoms with van der Waals surface area (Å²) in [5.41, 5.74) is 0.238. The molecule has 1 aliphatic heterocycles. The molecule has 1 saturated carbocycles. The Morgan fingerprint density at radius 3 is 2.50 bits per heavy atom. The average Bonchev–Trinajstić information content (AvgIpc) is 2.96. The lowest BCUT2D eigenvalue weighted by molar-refractivity contribution is -0.0815. The predicted molar refractivity (Wildman–Crippen MR) is 73.9 cm³/mol. The number of hydrogen-bond donors (Lipinski definition) is 1. The monoisotopic (exact) mass is 255 g/mol. The van der Waals surface area contributed by atoms with Crippen molar-refractivity contribution in [2.45, 2.75) is 76.5 Å². The molecular weight excluding hydrogens is 226 g/mol. The molecule has 1 aliphatic carbocycles. The van der Waals surface area contributed by atoms with Gasteiger partial charge in [-0.1, -0.05) is 12.8 Å². The van der Waals surface area contributed by atoms with E-state index < -0.39 is 0 Å². The maximum absolute atomic E-state index is 6.28. The van der Waals surface area contributed by atoms with Crippen molar-refractivity contribution in [3.8, 4) is 0 Å². The minimum Gasteiger partial charge on any atom is -0.376 e. The van der Waals surface area contributed by atoms with Crippen LogP contribution in [0.5, 0.6) is 0 Å². The van der Waals surface area contributed by atoms with Crippen LogP contribution in [0.1, 0.15) is 59.3 Å². The Morgan fingerprint density at radius 1 is 1.22 bits per heavy atom. The van der Waals surface area contributed by atoms with Crippen LogP contribution in [0.2, 0.25) is 0 Å². The Labute approximate surface area is 112 Å². The smallest absolute Gasteiger partial charge is 0.0809 e. The molecule has 0 amide bonds.